The Kier molecular flexibility index (Phi) is 2.15. The average molecular weight is 131 g/mol. The lowest BCUT2D eigenvalue weighted by Gasteiger charge is -2.03. The van der Waals surface area contributed by atoms with Crippen LogP contribution in [-0.2, 0) is 0 Å². The van der Waals surface area contributed by atoms with E-state index in [4.69, 9.17) is 33.4 Å². The summed E-state index contributed by atoms with van der Waals surface area (Å²) < 4.78 is -1.96. The first-order valence-electron chi connectivity index (χ1n) is 1.27. The minimum absolute atomic E-state index is 0.643. The molecular formula is C2H4Cl2O2. The molecule has 6 heavy (non-hydrogen) atoms. The molecule has 0 amide bonds. The van der Waals surface area contributed by atoms with Gasteiger partial charge in [-0.25, -0.2) is 0 Å². The fourth-order valence-electron chi connectivity index (χ4n) is 0. The highest BCUT2D eigenvalue weighted by Crippen LogP contribution is 2.13. The number of aliphatic hydroxyl groups excluding tert-OH is 1. The van der Waals surface area contributed by atoms with Gasteiger partial charge in [-0.05, 0) is 0 Å². The molecule has 4 heteroatoms. The second-order valence-electron chi connectivity index (χ2n) is 0.824. The number of hydrogen-bond donors (Lipinski definition) is 2. The van der Waals surface area contributed by atoms with Gasteiger partial charge in [0, 0.05) is 0 Å². The molecule has 0 radical (unpaired) electrons. The third-order valence-electron chi connectivity index (χ3n) is 0.190. The molecule has 0 atom stereocenters. The largest absolute Gasteiger partial charge is 0.391 e. The first-order valence-corrected chi connectivity index (χ1v) is 2.03. The lowest BCUT2D eigenvalue weighted by Crippen LogP contribution is -2.15. The second-order valence-corrected chi connectivity index (χ2v) is 2.27. The van der Waals surface area contributed by atoms with Crippen molar-refractivity contribution < 1.29 is 10.2 Å². The maximum atomic E-state index is 8.11. The Morgan fingerprint density at radius 3 is 1.67 bits per heavy atom. The Morgan fingerprint density at radius 2 is 1.67 bits per heavy atom. The van der Waals surface area contributed by atoms with Gasteiger partial charge in [-0.1, -0.05) is 23.2 Å². The molecule has 0 aromatic heterocycles. The van der Waals surface area contributed by atoms with Crippen LogP contribution in [-0.4, -0.2) is 21.3 Å². The zero-order chi connectivity index (χ0) is 5.21. The maximum absolute atomic E-state index is 8.11. The van der Waals surface area contributed by atoms with Crippen LogP contribution in [0.4, 0.5) is 0 Å². The van der Waals surface area contributed by atoms with E-state index < -0.39 is 11.1 Å². The minimum atomic E-state index is -1.96. The number of rotatable bonds is 1. The Balaban J connectivity index is 3.17. The van der Waals surface area contributed by atoms with E-state index in [-0.39, 0.29) is 0 Å². The normalized spacial score (nSPS) is 12.0. The van der Waals surface area contributed by atoms with E-state index in [9.17, 15) is 0 Å². The molecule has 0 aromatic rings. The van der Waals surface area contributed by atoms with Crippen molar-refractivity contribution >= 4 is 23.2 Å². The van der Waals surface area contributed by atoms with Crippen LogP contribution in [0.3, 0.4) is 0 Å². The molecule has 0 aromatic carbocycles. The molecule has 0 spiro atoms. The molecule has 0 bridgehead atoms. The molecule has 0 heterocycles. The lowest BCUT2D eigenvalue weighted by atomic mass is 10.8. The van der Waals surface area contributed by atoms with Gasteiger partial charge in [-0.2, -0.15) is 0 Å². The Bertz CT molecular complexity index is 39.3. The third-order valence-corrected chi connectivity index (χ3v) is 0.429. The standard InChI is InChI=1S/C2H4Cl2O2/c3-2(4,6)1-5/h5-6H,1H2. The summed E-state index contributed by atoms with van der Waals surface area (Å²) in [5, 5.41) is 16.0. The maximum Gasteiger partial charge on any atom is 0.238 e. The topological polar surface area (TPSA) is 40.5 Å². The van der Waals surface area contributed by atoms with Crippen LogP contribution in [0.25, 0.3) is 0 Å². The summed E-state index contributed by atoms with van der Waals surface area (Å²) in [6.07, 6.45) is 0. The highest BCUT2D eigenvalue weighted by molar-refractivity contribution is 6.47. The van der Waals surface area contributed by atoms with Crippen molar-refractivity contribution in [3.63, 3.8) is 0 Å². The molecule has 0 unspecified atom stereocenters. The summed E-state index contributed by atoms with van der Waals surface area (Å²) in [5.74, 6) is 0. The van der Waals surface area contributed by atoms with Crippen LogP contribution in [0.1, 0.15) is 0 Å². The monoisotopic (exact) mass is 130 g/mol. The van der Waals surface area contributed by atoms with Gasteiger partial charge in [-0.15, -0.1) is 0 Å². The molecule has 0 aliphatic rings. The third kappa shape index (κ3) is 4.50. The van der Waals surface area contributed by atoms with Crippen molar-refractivity contribution in [3.05, 3.63) is 0 Å². The van der Waals surface area contributed by atoms with Crippen molar-refractivity contribution in [3.8, 4) is 0 Å². The molecular weight excluding hydrogens is 127 g/mol. The van der Waals surface area contributed by atoms with Crippen molar-refractivity contribution in [2.24, 2.45) is 0 Å². The van der Waals surface area contributed by atoms with E-state index >= 15 is 0 Å². The fraction of sp³-hybridized carbons (Fsp3) is 1.00. The summed E-state index contributed by atoms with van der Waals surface area (Å²) in [5.41, 5.74) is 0. The highest BCUT2D eigenvalue weighted by atomic mass is 35.5. The molecule has 0 saturated heterocycles. The first-order chi connectivity index (χ1) is 2.56. The first kappa shape index (κ1) is 6.50. The van der Waals surface area contributed by atoms with E-state index in [2.05, 4.69) is 0 Å². The van der Waals surface area contributed by atoms with E-state index in [1.54, 1.807) is 0 Å². The van der Waals surface area contributed by atoms with Crippen molar-refractivity contribution in [1.29, 1.82) is 0 Å². The summed E-state index contributed by atoms with van der Waals surface area (Å²) in [4.78, 5) is 0. The lowest BCUT2D eigenvalue weighted by molar-refractivity contribution is 0.124. The van der Waals surface area contributed by atoms with Gasteiger partial charge in [0.25, 0.3) is 0 Å². The molecule has 2 nitrogen and oxygen atoms in total. The minimum Gasteiger partial charge on any atom is -0.391 e. The summed E-state index contributed by atoms with van der Waals surface area (Å²) in [6, 6.07) is 0. The Hall–Kier alpha value is 0.500. The number of alkyl halides is 2. The molecule has 38 valence electrons. The molecule has 0 rings (SSSR count). The van der Waals surface area contributed by atoms with E-state index in [0.29, 0.717) is 0 Å². The van der Waals surface area contributed by atoms with Crippen LogP contribution in [0.2, 0.25) is 0 Å². The molecule has 0 aliphatic heterocycles. The van der Waals surface area contributed by atoms with Gasteiger partial charge in [0.1, 0.15) is 6.61 Å². The van der Waals surface area contributed by atoms with Crippen LogP contribution in [0.5, 0.6) is 0 Å². The Morgan fingerprint density at radius 1 is 1.50 bits per heavy atom. The second kappa shape index (κ2) is 1.98. The predicted octanol–water partition coefficient (Wildman–Crippen LogP) is 0.102. The predicted molar refractivity (Wildman–Crippen MR) is 23.7 cm³/mol. The average Bonchev–Trinajstić information content (AvgIpc) is 1.35. The van der Waals surface area contributed by atoms with E-state index in [1.165, 1.54) is 0 Å². The van der Waals surface area contributed by atoms with Crippen LogP contribution in [0.15, 0.2) is 0 Å². The highest BCUT2D eigenvalue weighted by Gasteiger charge is 2.15. The van der Waals surface area contributed by atoms with Gasteiger partial charge >= 0.3 is 0 Å². The van der Waals surface area contributed by atoms with Crippen LogP contribution in [0, 0.1) is 0 Å². The van der Waals surface area contributed by atoms with Crippen molar-refractivity contribution in [2.45, 2.75) is 4.52 Å². The van der Waals surface area contributed by atoms with Gasteiger partial charge in [0.15, 0.2) is 0 Å². The van der Waals surface area contributed by atoms with Gasteiger partial charge < -0.3 is 10.2 Å². The molecule has 0 saturated carbocycles. The number of hydrogen-bond acceptors (Lipinski definition) is 2. The van der Waals surface area contributed by atoms with E-state index in [0.717, 1.165) is 0 Å². The summed E-state index contributed by atoms with van der Waals surface area (Å²) >= 11 is 9.58. The number of aliphatic hydroxyl groups is 2. The van der Waals surface area contributed by atoms with Gasteiger partial charge in [0.05, 0.1) is 0 Å². The summed E-state index contributed by atoms with van der Waals surface area (Å²) in [7, 11) is 0. The smallest absolute Gasteiger partial charge is 0.238 e. The Labute approximate surface area is 45.3 Å². The van der Waals surface area contributed by atoms with Crippen LogP contribution < -0.4 is 0 Å². The summed E-state index contributed by atoms with van der Waals surface area (Å²) in [6.45, 7) is -0.643. The molecule has 2 N–H and O–H groups in total. The molecule has 0 fully saturated rings. The van der Waals surface area contributed by atoms with Crippen LogP contribution >= 0.6 is 23.2 Å². The fourth-order valence-corrected chi connectivity index (χ4v) is 0. The quantitative estimate of drug-likeness (QED) is 0.495. The van der Waals surface area contributed by atoms with Gasteiger partial charge in [-0.3, -0.25) is 0 Å². The zero-order valence-corrected chi connectivity index (χ0v) is 4.37. The zero-order valence-electron chi connectivity index (χ0n) is 2.86. The van der Waals surface area contributed by atoms with Crippen molar-refractivity contribution in [1.82, 2.24) is 0 Å². The molecule has 0 aliphatic carbocycles. The number of halogens is 2. The van der Waals surface area contributed by atoms with Crippen molar-refractivity contribution in [2.75, 3.05) is 6.61 Å². The van der Waals surface area contributed by atoms with E-state index in [1.807, 2.05) is 0 Å². The van der Waals surface area contributed by atoms with Gasteiger partial charge in [0.2, 0.25) is 4.52 Å². The SMILES string of the molecule is OCC(O)(Cl)Cl.